The van der Waals surface area contributed by atoms with Crippen LogP contribution < -0.4 is 5.73 Å². The zero-order valence-corrected chi connectivity index (χ0v) is 11.4. The SMILES string of the molecule is Nc1nn(CCN2CCCCCC2)c2ccccc12. The first-order valence-electron chi connectivity index (χ1n) is 7.28. The summed E-state index contributed by atoms with van der Waals surface area (Å²) in [4.78, 5) is 2.56. The van der Waals surface area contributed by atoms with Gasteiger partial charge in [0.05, 0.1) is 12.1 Å². The van der Waals surface area contributed by atoms with E-state index >= 15 is 0 Å². The highest BCUT2D eigenvalue weighted by Gasteiger charge is 2.11. The second-order valence-corrected chi connectivity index (χ2v) is 5.38. The zero-order chi connectivity index (χ0) is 13.1. The number of nitrogens with zero attached hydrogens (tertiary/aromatic N) is 3. The lowest BCUT2D eigenvalue weighted by Gasteiger charge is -2.19. The second kappa shape index (κ2) is 5.61. The molecule has 19 heavy (non-hydrogen) atoms. The van der Waals surface area contributed by atoms with Crippen molar-refractivity contribution in [2.75, 3.05) is 25.4 Å². The molecule has 4 nitrogen and oxygen atoms in total. The Morgan fingerprint density at radius 2 is 1.74 bits per heavy atom. The molecule has 0 saturated carbocycles. The molecule has 1 aliphatic heterocycles. The standard InChI is InChI=1S/C15H22N4/c16-15-13-7-3-4-8-14(13)19(17-15)12-11-18-9-5-1-2-6-10-18/h3-4,7-8H,1-2,5-6,9-12H2,(H2,16,17). The quantitative estimate of drug-likeness (QED) is 0.920. The van der Waals surface area contributed by atoms with Crippen LogP contribution in [0.2, 0.25) is 0 Å². The summed E-state index contributed by atoms with van der Waals surface area (Å²) in [6.45, 7) is 4.46. The number of para-hydroxylation sites is 1. The van der Waals surface area contributed by atoms with Gasteiger partial charge in [0.2, 0.25) is 0 Å². The van der Waals surface area contributed by atoms with E-state index in [9.17, 15) is 0 Å². The van der Waals surface area contributed by atoms with Gasteiger partial charge in [-0.1, -0.05) is 25.0 Å². The van der Waals surface area contributed by atoms with Gasteiger partial charge in [0, 0.05) is 11.9 Å². The lowest BCUT2D eigenvalue weighted by atomic mass is 10.2. The molecule has 0 amide bonds. The number of hydrogen-bond acceptors (Lipinski definition) is 3. The predicted molar refractivity (Wildman–Crippen MR) is 79.1 cm³/mol. The van der Waals surface area contributed by atoms with Crippen molar-refractivity contribution < 1.29 is 0 Å². The summed E-state index contributed by atoms with van der Waals surface area (Å²) in [6.07, 6.45) is 5.44. The van der Waals surface area contributed by atoms with Gasteiger partial charge in [-0.3, -0.25) is 4.68 Å². The molecule has 0 atom stereocenters. The maximum Gasteiger partial charge on any atom is 0.153 e. The van der Waals surface area contributed by atoms with Crippen LogP contribution in [0.15, 0.2) is 24.3 Å². The minimum Gasteiger partial charge on any atom is -0.382 e. The molecule has 0 bridgehead atoms. The third-order valence-electron chi connectivity index (χ3n) is 4.01. The molecule has 0 spiro atoms. The molecule has 2 N–H and O–H groups in total. The molecule has 1 fully saturated rings. The Morgan fingerprint density at radius 1 is 1.00 bits per heavy atom. The second-order valence-electron chi connectivity index (χ2n) is 5.38. The van der Waals surface area contributed by atoms with E-state index in [1.165, 1.54) is 38.8 Å². The Balaban J connectivity index is 1.71. The number of fused-ring (bicyclic) bond motifs is 1. The van der Waals surface area contributed by atoms with E-state index in [0.717, 1.165) is 24.0 Å². The molecule has 2 heterocycles. The van der Waals surface area contributed by atoms with Crippen molar-refractivity contribution >= 4 is 16.7 Å². The minimum absolute atomic E-state index is 0.645. The molecule has 0 radical (unpaired) electrons. The van der Waals surface area contributed by atoms with Crippen molar-refractivity contribution in [1.82, 2.24) is 14.7 Å². The van der Waals surface area contributed by atoms with E-state index in [-0.39, 0.29) is 0 Å². The third kappa shape index (κ3) is 2.73. The molecule has 1 aliphatic rings. The molecule has 1 saturated heterocycles. The normalized spacial score (nSPS) is 17.7. The van der Waals surface area contributed by atoms with Crippen molar-refractivity contribution in [2.45, 2.75) is 32.2 Å². The van der Waals surface area contributed by atoms with E-state index in [4.69, 9.17) is 5.73 Å². The van der Waals surface area contributed by atoms with Gasteiger partial charge in [-0.2, -0.15) is 5.10 Å². The molecule has 1 aromatic carbocycles. The molecule has 3 rings (SSSR count). The van der Waals surface area contributed by atoms with Gasteiger partial charge >= 0.3 is 0 Å². The number of likely N-dealkylation sites (tertiary alicyclic amines) is 1. The maximum absolute atomic E-state index is 5.97. The van der Waals surface area contributed by atoms with E-state index in [0.29, 0.717) is 5.82 Å². The van der Waals surface area contributed by atoms with Crippen molar-refractivity contribution in [1.29, 1.82) is 0 Å². The lowest BCUT2D eigenvalue weighted by molar-refractivity contribution is 0.270. The highest BCUT2D eigenvalue weighted by atomic mass is 15.3. The largest absolute Gasteiger partial charge is 0.382 e. The smallest absolute Gasteiger partial charge is 0.153 e. The van der Waals surface area contributed by atoms with Gasteiger partial charge < -0.3 is 10.6 Å². The number of benzene rings is 1. The number of nitrogens with two attached hydrogens (primary N) is 1. The van der Waals surface area contributed by atoms with Crippen LogP contribution in [0.1, 0.15) is 25.7 Å². The Bertz CT molecular complexity index is 538. The fourth-order valence-corrected chi connectivity index (χ4v) is 2.92. The van der Waals surface area contributed by atoms with E-state index in [2.05, 4.69) is 20.7 Å². The Morgan fingerprint density at radius 3 is 2.53 bits per heavy atom. The van der Waals surface area contributed by atoms with Crippen molar-refractivity contribution in [3.05, 3.63) is 24.3 Å². The summed E-state index contributed by atoms with van der Waals surface area (Å²) in [5, 5.41) is 5.53. The average Bonchev–Trinajstić information content (AvgIpc) is 2.63. The van der Waals surface area contributed by atoms with Gasteiger partial charge in [-0.05, 0) is 38.1 Å². The highest BCUT2D eigenvalue weighted by molar-refractivity contribution is 5.88. The van der Waals surface area contributed by atoms with E-state index < -0.39 is 0 Å². The summed E-state index contributed by atoms with van der Waals surface area (Å²) in [5.74, 6) is 0.645. The van der Waals surface area contributed by atoms with Crippen molar-refractivity contribution in [3.63, 3.8) is 0 Å². The summed E-state index contributed by atoms with van der Waals surface area (Å²) in [7, 11) is 0. The zero-order valence-electron chi connectivity index (χ0n) is 11.4. The Kier molecular flexibility index (Phi) is 3.69. The van der Waals surface area contributed by atoms with Crippen LogP contribution in [0.5, 0.6) is 0 Å². The Labute approximate surface area is 114 Å². The van der Waals surface area contributed by atoms with Gasteiger partial charge in [-0.15, -0.1) is 0 Å². The number of nitrogen functional groups attached to an aromatic ring is 1. The van der Waals surface area contributed by atoms with Crippen LogP contribution in [0.3, 0.4) is 0 Å². The van der Waals surface area contributed by atoms with Crippen LogP contribution in [0.25, 0.3) is 10.9 Å². The van der Waals surface area contributed by atoms with Crippen molar-refractivity contribution in [2.24, 2.45) is 0 Å². The molecular formula is C15H22N4. The third-order valence-corrected chi connectivity index (χ3v) is 4.01. The number of aromatic nitrogens is 2. The number of rotatable bonds is 3. The first-order chi connectivity index (χ1) is 9.34. The monoisotopic (exact) mass is 258 g/mol. The summed E-state index contributed by atoms with van der Waals surface area (Å²) >= 11 is 0. The maximum atomic E-state index is 5.97. The molecule has 4 heteroatoms. The molecule has 102 valence electrons. The summed E-state index contributed by atoms with van der Waals surface area (Å²) in [5.41, 5.74) is 7.11. The fraction of sp³-hybridized carbons (Fsp3) is 0.533. The molecule has 1 aromatic heterocycles. The highest BCUT2D eigenvalue weighted by Crippen LogP contribution is 2.20. The Hall–Kier alpha value is -1.55. The summed E-state index contributed by atoms with van der Waals surface area (Å²) < 4.78 is 2.05. The van der Waals surface area contributed by atoms with Crippen LogP contribution in [-0.4, -0.2) is 34.3 Å². The van der Waals surface area contributed by atoms with Crippen molar-refractivity contribution in [3.8, 4) is 0 Å². The first-order valence-corrected chi connectivity index (χ1v) is 7.28. The van der Waals surface area contributed by atoms with Gasteiger partial charge in [0.1, 0.15) is 0 Å². The van der Waals surface area contributed by atoms with Gasteiger partial charge in [-0.25, -0.2) is 0 Å². The van der Waals surface area contributed by atoms with Gasteiger partial charge in [0.15, 0.2) is 5.82 Å². The molecule has 0 aliphatic carbocycles. The van der Waals surface area contributed by atoms with Crippen LogP contribution in [0, 0.1) is 0 Å². The summed E-state index contributed by atoms with van der Waals surface area (Å²) in [6, 6.07) is 8.20. The lowest BCUT2D eigenvalue weighted by Crippen LogP contribution is -2.28. The predicted octanol–water partition coefficient (Wildman–Crippen LogP) is 2.49. The average molecular weight is 258 g/mol. The number of hydrogen-bond donors (Lipinski definition) is 1. The van der Waals surface area contributed by atoms with E-state index in [1.54, 1.807) is 0 Å². The first kappa shape index (κ1) is 12.5. The molecule has 0 unspecified atom stereocenters. The molecular weight excluding hydrogens is 236 g/mol. The van der Waals surface area contributed by atoms with Crippen LogP contribution >= 0.6 is 0 Å². The topological polar surface area (TPSA) is 47.1 Å². The molecule has 2 aromatic rings. The van der Waals surface area contributed by atoms with Crippen LogP contribution in [-0.2, 0) is 6.54 Å². The van der Waals surface area contributed by atoms with Gasteiger partial charge in [0.25, 0.3) is 0 Å². The number of anilines is 1. The minimum atomic E-state index is 0.645. The van der Waals surface area contributed by atoms with Crippen LogP contribution in [0.4, 0.5) is 5.82 Å². The fourth-order valence-electron chi connectivity index (χ4n) is 2.92. The van der Waals surface area contributed by atoms with E-state index in [1.807, 2.05) is 18.2 Å².